The van der Waals surface area contributed by atoms with Crippen LogP contribution in [-0.2, 0) is 120 Å². The summed E-state index contributed by atoms with van der Waals surface area (Å²) >= 11 is 0. The van der Waals surface area contributed by atoms with Crippen LogP contribution in [0.4, 0.5) is 0 Å². The van der Waals surface area contributed by atoms with Crippen LogP contribution in [0, 0.1) is 24.2 Å². The Morgan fingerprint density at radius 1 is 0.569 bits per heavy atom. The van der Waals surface area contributed by atoms with Gasteiger partial charge in [0.05, 0.1) is 135 Å². The maximum absolute atomic E-state index is 14.1. The van der Waals surface area contributed by atoms with E-state index in [0.717, 1.165) is 6.92 Å². The van der Waals surface area contributed by atoms with Gasteiger partial charge in [0.15, 0.2) is 38.1 Å². The summed E-state index contributed by atoms with van der Waals surface area (Å²) < 4.78 is 175. The van der Waals surface area contributed by atoms with Gasteiger partial charge in [-0.05, 0) is 27.2 Å². The molecule has 1 amide bonds. The zero-order valence-electron chi connectivity index (χ0n) is 56.2. The summed E-state index contributed by atoms with van der Waals surface area (Å²) in [4.78, 5) is 78.2. The number of aliphatic hydroxyl groups excluding tert-OH is 9. The number of hydrogen-bond acceptors (Lipinski definition) is 38. The number of carbonyl (C=O) groups excluding carboxylic acids is 1. The Kier molecular flexibility index (Phi) is 35.7. The lowest BCUT2D eigenvalue weighted by molar-refractivity contribution is -0.283. The number of imidazole rings is 1. The Labute approximate surface area is 583 Å². The number of ether oxygens (including phenoxy) is 10. The number of amides is 1. The predicted octanol–water partition coefficient (Wildman–Crippen LogP) is -2.65. The fourth-order valence-corrected chi connectivity index (χ4v) is 14.2. The molecule has 6 rings (SSSR count). The summed E-state index contributed by atoms with van der Waals surface area (Å²) in [5.41, 5.74) is -0.877. The molecule has 4 fully saturated rings. The molecule has 15 N–H and O–H groups in total. The van der Waals surface area contributed by atoms with Crippen LogP contribution in [0.15, 0.2) is 12.7 Å². The Balaban J connectivity index is 1.16. The van der Waals surface area contributed by atoms with E-state index in [1.54, 1.807) is 6.92 Å². The molecule has 2 aromatic rings. The first-order chi connectivity index (χ1) is 47.9. The number of fused-ring (bicyclic) bond motifs is 1. The third-order valence-electron chi connectivity index (χ3n) is 15.6. The van der Waals surface area contributed by atoms with E-state index in [9.17, 15) is 98.0 Å². The summed E-state index contributed by atoms with van der Waals surface area (Å²) in [5, 5.41) is 93.0. The standard InChI is InChI=1S/C52H94N5O40P5/c1-29(2)96-102(76,77)97-34-16-39(57-26-55-40-32(5)53-25-54-48(40)57)92-38(34)20-88-101(74,75)89-24-52(22-79-27-90-99(70,71)86-13-10-81-49-30(3)42(62)44(64)35(17-58)93-49,23-80-28-91-100(72,73)87-14-11-82-50-31(4)43(63)45(65)36(18-59)94-50)21-78-8-7-9-84-98(68,69)85-15-12-83-51-41(56-33(6)61)47(67)46(66)37(19-60)95-51/h25-26,29-31,34-39,41-47,49-51,58-60,62-67H,7-24,27-28H2,1-6H3,(H,56,61)(H,68,69)(H,70,71)(H,72,73)(H,74,75)(H,76,77)/t30?,31?,34?,35?,36?,37?,38-,39-,41?,42-,43-,44+,45+,46+,47-,49-,50-,51-,52?/m1/s1. The summed E-state index contributed by atoms with van der Waals surface area (Å²) in [6, 6.07) is -1.34. The van der Waals surface area contributed by atoms with Gasteiger partial charge >= 0.3 is 39.1 Å². The zero-order valence-corrected chi connectivity index (χ0v) is 60.6. The first kappa shape index (κ1) is 88.7. The monoisotopic (exact) mass is 1580 g/mol. The van der Waals surface area contributed by atoms with Crippen molar-refractivity contribution in [1.29, 1.82) is 0 Å². The second-order valence-electron chi connectivity index (χ2n) is 24.0. The molecule has 23 atom stereocenters. The largest absolute Gasteiger partial charge is 0.474 e. The van der Waals surface area contributed by atoms with Gasteiger partial charge in [0.1, 0.15) is 79.0 Å². The number of aryl methyl sites for hydroxylation is 1. The molecule has 0 bridgehead atoms. The van der Waals surface area contributed by atoms with Gasteiger partial charge in [-0.2, -0.15) is 0 Å². The SMILES string of the molecule is CC(=O)NC1[C@H](OCCOP(=O)(O)OCCCOCC(COCOP(=O)(O)OCCO[C@@H]2OC(CO)[C@H](O)[C@H](O)C2C)(COCOP(=O)(O)OCCO[C@@H]2OC(CO)[C@H](O)[C@H](O)C2C)COP(=O)(O)OC[C@H]2O[C@@H](n3cnc4c(C)ncnc43)CC2OP(=O)(O)OC(C)C)OC(CO)[C@H](O)[C@@H]1O. The Bertz CT molecular complexity index is 3040. The van der Waals surface area contributed by atoms with Crippen LogP contribution in [0.5, 0.6) is 0 Å². The molecule has 592 valence electrons. The van der Waals surface area contributed by atoms with Gasteiger partial charge < -0.3 is 123 Å². The molecule has 0 saturated carbocycles. The van der Waals surface area contributed by atoms with Crippen molar-refractivity contribution in [2.24, 2.45) is 17.3 Å². The van der Waals surface area contributed by atoms with E-state index >= 15 is 0 Å². The van der Waals surface area contributed by atoms with E-state index < -0.39 is 286 Å². The topological polar surface area (TPSA) is 626 Å². The summed E-state index contributed by atoms with van der Waals surface area (Å²) in [5.74, 6) is -2.33. The molecule has 4 aliphatic heterocycles. The van der Waals surface area contributed by atoms with E-state index in [2.05, 4.69) is 20.3 Å². The number of nitrogens with zero attached hydrogens (tertiary/aromatic N) is 4. The normalized spacial score (nSPS) is 32.3. The van der Waals surface area contributed by atoms with Gasteiger partial charge in [0.2, 0.25) is 5.91 Å². The number of hydrogen-bond donors (Lipinski definition) is 15. The summed E-state index contributed by atoms with van der Waals surface area (Å²) in [7, 11) is -25.4. The highest BCUT2D eigenvalue weighted by molar-refractivity contribution is 7.48. The van der Waals surface area contributed by atoms with Crippen LogP contribution in [0.2, 0.25) is 0 Å². The fraction of sp³-hybridized carbons (Fsp3) is 0.885. The van der Waals surface area contributed by atoms with Crippen LogP contribution < -0.4 is 5.32 Å². The van der Waals surface area contributed by atoms with Gasteiger partial charge in [-0.15, -0.1) is 0 Å². The Hall–Kier alpha value is -2.19. The van der Waals surface area contributed by atoms with Gasteiger partial charge in [-0.25, -0.2) is 37.8 Å². The molecule has 12 unspecified atom stereocenters. The van der Waals surface area contributed by atoms with Crippen LogP contribution in [0.1, 0.15) is 59.4 Å². The maximum Gasteiger partial charge on any atom is 0.474 e. The molecule has 4 aliphatic rings. The average molecular weight is 1580 g/mol. The van der Waals surface area contributed by atoms with Crippen molar-refractivity contribution in [3.63, 3.8) is 0 Å². The molecule has 0 spiro atoms. The molecule has 6 heterocycles. The minimum absolute atomic E-state index is 0.216. The molecule has 4 saturated heterocycles. The highest BCUT2D eigenvalue weighted by Crippen LogP contribution is 2.52. The molecule has 102 heavy (non-hydrogen) atoms. The van der Waals surface area contributed by atoms with E-state index in [1.165, 1.54) is 44.9 Å². The third-order valence-corrected chi connectivity index (χ3v) is 20.6. The van der Waals surface area contributed by atoms with Crippen LogP contribution in [0.3, 0.4) is 0 Å². The number of rotatable bonds is 47. The Morgan fingerprint density at radius 2 is 1.04 bits per heavy atom. The zero-order chi connectivity index (χ0) is 75.4. The quantitative estimate of drug-likeness (QED) is 0.0183. The average Bonchev–Trinajstić information content (AvgIpc) is 1.56. The van der Waals surface area contributed by atoms with Crippen molar-refractivity contribution in [1.82, 2.24) is 24.8 Å². The minimum atomic E-state index is -5.44. The summed E-state index contributed by atoms with van der Waals surface area (Å²) in [6.45, 7) is -4.67. The molecule has 0 aromatic carbocycles. The first-order valence-corrected chi connectivity index (χ1v) is 39.1. The van der Waals surface area contributed by atoms with E-state index in [-0.39, 0.29) is 18.5 Å². The number of nitrogens with one attached hydrogen (secondary N) is 1. The molecule has 50 heteroatoms. The van der Waals surface area contributed by atoms with E-state index in [1.807, 2.05) is 0 Å². The van der Waals surface area contributed by atoms with E-state index in [0.29, 0.717) is 11.2 Å². The molecular weight excluding hydrogens is 1490 g/mol. The van der Waals surface area contributed by atoms with Crippen molar-refractivity contribution in [3.8, 4) is 0 Å². The minimum Gasteiger partial charge on any atom is -0.394 e. The number of phosphoric ester groups is 5. The molecule has 2 aromatic heterocycles. The van der Waals surface area contributed by atoms with Gasteiger partial charge in [0.25, 0.3) is 0 Å². The number of carbonyl (C=O) groups is 1. The molecule has 45 nitrogen and oxygen atoms in total. The van der Waals surface area contributed by atoms with Crippen molar-refractivity contribution in [2.45, 2.75) is 159 Å². The second-order valence-corrected chi connectivity index (χ2v) is 31.1. The van der Waals surface area contributed by atoms with Gasteiger partial charge in [-0.1, -0.05) is 13.8 Å². The molecular formula is C52H94N5O40P5. The van der Waals surface area contributed by atoms with Crippen molar-refractivity contribution in [2.75, 3.05) is 119 Å². The van der Waals surface area contributed by atoms with Crippen molar-refractivity contribution in [3.05, 3.63) is 18.3 Å². The second kappa shape index (κ2) is 41.0. The number of aliphatic hydroxyl groups is 9. The molecule has 0 radical (unpaired) electrons. The highest BCUT2D eigenvalue weighted by atomic mass is 31.2. The third kappa shape index (κ3) is 27.4. The Morgan fingerprint density at radius 3 is 1.55 bits per heavy atom. The van der Waals surface area contributed by atoms with Crippen LogP contribution in [0.25, 0.3) is 11.2 Å². The van der Waals surface area contributed by atoms with E-state index in [4.69, 9.17) is 92.6 Å². The van der Waals surface area contributed by atoms with Crippen LogP contribution in [-0.4, -0.2) is 313 Å². The fourth-order valence-electron chi connectivity index (χ4n) is 10.3. The molecule has 0 aliphatic carbocycles. The smallest absolute Gasteiger partial charge is 0.394 e. The van der Waals surface area contributed by atoms with Gasteiger partial charge in [0, 0.05) is 31.8 Å². The predicted molar refractivity (Wildman–Crippen MR) is 333 cm³/mol. The lowest BCUT2D eigenvalue weighted by Crippen LogP contribution is -2.64. The lowest BCUT2D eigenvalue weighted by atomic mass is 9.92. The lowest BCUT2D eigenvalue weighted by Gasteiger charge is -2.42. The van der Waals surface area contributed by atoms with Gasteiger partial charge in [-0.3, -0.25) is 54.6 Å². The van der Waals surface area contributed by atoms with Crippen molar-refractivity contribution < 1.29 is 191 Å². The highest BCUT2D eigenvalue weighted by Gasteiger charge is 2.49. The first-order valence-electron chi connectivity index (χ1n) is 31.6. The maximum atomic E-state index is 14.1. The van der Waals surface area contributed by atoms with Crippen molar-refractivity contribution >= 4 is 56.2 Å². The summed E-state index contributed by atoms with van der Waals surface area (Å²) in [6.07, 6.45) is -19.2. The number of phosphoric acid groups is 5. The van der Waals surface area contributed by atoms with Crippen LogP contribution >= 0.6 is 39.1 Å². The number of aromatic nitrogens is 4.